The third-order valence-electron chi connectivity index (χ3n) is 4.94. The molecule has 0 spiro atoms. The van der Waals surface area contributed by atoms with E-state index in [1.165, 1.54) is 19.3 Å². The van der Waals surface area contributed by atoms with Gasteiger partial charge in [-0.05, 0) is 51.3 Å². The lowest BCUT2D eigenvalue weighted by molar-refractivity contribution is -0.138. The van der Waals surface area contributed by atoms with Gasteiger partial charge in [0.15, 0.2) is 0 Å². The lowest BCUT2D eigenvalue weighted by Crippen LogP contribution is -2.45. The third-order valence-corrected chi connectivity index (χ3v) is 4.94. The minimum Gasteiger partial charge on any atom is -0.338 e. The summed E-state index contributed by atoms with van der Waals surface area (Å²) in [6, 6.07) is 10.7. The van der Waals surface area contributed by atoms with Crippen molar-refractivity contribution in [2.75, 3.05) is 19.6 Å². The zero-order chi connectivity index (χ0) is 14.7. The van der Waals surface area contributed by atoms with Crippen LogP contribution in [0.5, 0.6) is 0 Å². The molecule has 3 heteroatoms. The highest BCUT2D eigenvalue weighted by Gasteiger charge is 2.35. The molecule has 0 unspecified atom stereocenters. The molecular formula is C18H26N2O. The first kappa shape index (κ1) is 14.6. The number of hydrogen-bond donors (Lipinski definition) is 0. The fraction of sp³-hybridized carbons (Fsp3) is 0.611. The first-order valence-corrected chi connectivity index (χ1v) is 8.37. The standard InChI is InChI=1S/C18H26N2O/c1-15-9-8-14-20(15)18(21)17(16-10-4-2-5-11-16)19-12-6-3-7-13-19/h2,4-5,10-11,15,17H,3,6-9,12-14H2,1H3/t15-,17+/m0/s1. The van der Waals surface area contributed by atoms with E-state index in [0.29, 0.717) is 11.9 Å². The van der Waals surface area contributed by atoms with Crippen molar-refractivity contribution in [3.63, 3.8) is 0 Å². The third kappa shape index (κ3) is 3.13. The summed E-state index contributed by atoms with van der Waals surface area (Å²) in [4.78, 5) is 17.6. The molecule has 21 heavy (non-hydrogen) atoms. The quantitative estimate of drug-likeness (QED) is 0.852. The largest absolute Gasteiger partial charge is 0.338 e. The predicted molar refractivity (Wildman–Crippen MR) is 85.0 cm³/mol. The Morgan fingerprint density at radius 2 is 1.76 bits per heavy atom. The van der Waals surface area contributed by atoms with Crippen molar-refractivity contribution in [3.05, 3.63) is 35.9 Å². The van der Waals surface area contributed by atoms with Crippen molar-refractivity contribution < 1.29 is 4.79 Å². The highest BCUT2D eigenvalue weighted by Crippen LogP contribution is 2.29. The molecule has 0 aliphatic carbocycles. The van der Waals surface area contributed by atoms with Crippen LogP contribution in [0.1, 0.15) is 50.6 Å². The number of rotatable bonds is 3. The zero-order valence-electron chi connectivity index (χ0n) is 13.0. The number of carbonyl (C=O) groups excluding carboxylic acids is 1. The van der Waals surface area contributed by atoms with Crippen molar-refractivity contribution in [1.82, 2.24) is 9.80 Å². The predicted octanol–water partition coefficient (Wildman–Crippen LogP) is 3.22. The smallest absolute Gasteiger partial charge is 0.244 e. The maximum absolute atomic E-state index is 13.1. The van der Waals surface area contributed by atoms with Crippen LogP contribution in [0.15, 0.2) is 30.3 Å². The highest BCUT2D eigenvalue weighted by molar-refractivity contribution is 5.83. The molecule has 2 aliphatic rings. The van der Waals surface area contributed by atoms with E-state index in [1.54, 1.807) is 0 Å². The van der Waals surface area contributed by atoms with Crippen molar-refractivity contribution in [3.8, 4) is 0 Å². The number of benzene rings is 1. The molecule has 1 aromatic carbocycles. The van der Waals surface area contributed by atoms with Gasteiger partial charge in [0, 0.05) is 12.6 Å². The average Bonchev–Trinajstić information content (AvgIpc) is 2.96. The van der Waals surface area contributed by atoms with E-state index in [-0.39, 0.29) is 6.04 Å². The van der Waals surface area contributed by atoms with Gasteiger partial charge in [0.25, 0.3) is 0 Å². The van der Waals surface area contributed by atoms with Gasteiger partial charge in [-0.1, -0.05) is 36.8 Å². The Bertz CT molecular complexity index is 467. The second kappa shape index (κ2) is 6.61. The summed E-state index contributed by atoms with van der Waals surface area (Å²) in [5, 5.41) is 0. The van der Waals surface area contributed by atoms with E-state index < -0.39 is 0 Å². The molecular weight excluding hydrogens is 260 g/mol. The summed E-state index contributed by atoms with van der Waals surface area (Å²) in [6.07, 6.45) is 6.02. The van der Waals surface area contributed by atoms with Gasteiger partial charge in [-0.25, -0.2) is 0 Å². The first-order valence-electron chi connectivity index (χ1n) is 8.37. The molecule has 0 saturated carbocycles. The zero-order valence-corrected chi connectivity index (χ0v) is 13.0. The van der Waals surface area contributed by atoms with Crippen molar-refractivity contribution in [1.29, 1.82) is 0 Å². The Balaban J connectivity index is 1.86. The minimum absolute atomic E-state index is 0.0768. The molecule has 0 radical (unpaired) electrons. The van der Waals surface area contributed by atoms with Gasteiger partial charge in [0.1, 0.15) is 6.04 Å². The Kier molecular flexibility index (Phi) is 4.59. The molecule has 2 atom stereocenters. The molecule has 3 rings (SSSR count). The first-order chi connectivity index (χ1) is 10.3. The topological polar surface area (TPSA) is 23.6 Å². The van der Waals surface area contributed by atoms with E-state index in [2.05, 4.69) is 28.9 Å². The van der Waals surface area contributed by atoms with E-state index in [4.69, 9.17) is 0 Å². The average molecular weight is 286 g/mol. The summed E-state index contributed by atoms with van der Waals surface area (Å²) >= 11 is 0. The summed E-state index contributed by atoms with van der Waals surface area (Å²) in [5.74, 6) is 0.313. The van der Waals surface area contributed by atoms with Gasteiger partial charge in [0.05, 0.1) is 0 Å². The van der Waals surface area contributed by atoms with E-state index >= 15 is 0 Å². The molecule has 2 saturated heterocycles. The molecule has 0 bridgehead atoms. The Morgan fingerprint density at radius 3 is 2.38 bits per heavy atom. The highest BCUT2D eigenvalue weighted by atomic mass is 16.2. The Labute approximate surface area is 127 Å². The summed E-state index contributed by atoms with van der Waals surface area (Å²) in [7, 11) is 0. The van der Waals surface area contributed by atoms with Crippen LogP contribution in [0, 0.1) is 0 Å². The molecule has 2 aliphatic heterocycles. The number of piperidine rings is 1. The fourth-order valence-electron chi connectivity index (χ4n) is 3.74. The molecule has 0 N–H and O–H groups in total. The number of nitrogens with zero attached hydrogens (tertiary/aromatic N) is 2. The van der Waals surface area contributed by atoms with Gasteiger partial charge in [-0.2, -0.15) is 0 Å². The van der Waals surface area contributed by atoms with Gasteiger partial charge in [-0.15, -0.1) is 0 Å². The van der Waals surface area contributed by atoms with Crippen molar-refractivity contribution >= 4 is 5.91 Å². The molecule has 114 valence electrons. The molecule has 1 amide bonds. The van der Waals surface area contributed by atoms with Crippen LogP contribution in [-0.4, -0.2) is 41.4 Å². The normalized spacial score (nSPS) is 25.0. The Hall–Kier alpha value is -1.35. The summed E-state index contributed by atoms with van der Waals surface area (Å²) in [5.41, 5.74) is 1.16. The summed E-state index contributed by atoms with van der Waals surface area (Å²) in [6.45, 7) is 5.21. The van der Waals surface area contributed by atoms with Crippen molar-refractivity contribution in [2.24, 2.45) is 0 Å². The van der Waals surface area contributed by atoms with Gasteiger partial charge < -0.3 is 4.90 Å². The minimum atomic E-state index is -0.0768. The maximum Gasteiger partial charge on any atom is 0.244 e. The second-order valence-electron chi connectivity index (χ2n) is 6.43. The number of carbonyl (C=O) groups is 1. The molecule has 2 heterocycles. The monoisotopic (exact) mass is 286 g/mol. The van der Waals surface area contributed by atoms with E-state index in [9.17, 15) is 4.79 Å². The van der Waals surface area contributed by atoms with Crippen LogP contribution in [0.25, 0.3) is 0 Å². The molecule has 1 aromatic rings. The lowest BCUT2D eigenvalue weighted by atomic mass is 10.00. The van der Waals surface area contributed by atoms with Gasteiger partial charge in [0.2, 0.25) is 5.91 Å². The number of amides is 1. The SMILES string of the molecule is C[C@H]1CCCN1C(=O)[C@@H](c1ccccc1)N1CCCCC1. The molecule has 3 nitrogen and oxygen atoms in total. The van der Waals surface area contributed by atoms with Crippen LogP contribution in [-0.2, 0) is 4.79 Å². The fourth-order valence-corrected chi connectivity index (χ4v) is 3.74. The maximum atomic E-state index is 13.1. The number of hydrogen-bond acceptors (Lipinski definition) is 2. The van der Waals surface area contributed by atoms with E-state index in [0.717, 1.165) is 38.0 Å². The lowest BCUT2D eigenvalue weighted by Gasteiger charge is -2.37. The van der Waals surface area contributed by atoms with E-state index in [1.807, 2.05) is 18.2 Å². The van der Waals surface area contributed by atoms with Crippen LogP contribution in [0.3, 0.4) is 0 Å². The summed E-state index contributed by atoms with van der Waals surface area (Å²) < 4.78 is 0. The number of likely N-dealkylation sites (tertiary alicyclic amines) is 2. The second-order valence-corrected chi connectivity index (χ2v) is 6.43. The van der Waals surface area contributed by atoms with Crippen molar-refractivity contribution in [2.45, 2.75) is 51.1 Å². The molecule has 2 fully saturated rings. The molecule has 0 aromatic heterocycles. The van der Waals surface area contributed by atoms with Crippen LogP contribution in [0.2, 0.25) is 0 Å². The van der Waals surface area contributed by atoms with Gasteiger partial charge in [-0.3, -0.25) is 9.69 Å². The Morgan fingerprint density at radius 1 is 1.05 bits per heavy atom. The van der Waals surface area contributed by atoms with Gasteiger partial charge >= 0.3 is 0 Å². The van der Waals surface area contributed by atoms with Crippen LogP contribution < -0.4 is 0 Å². The van der Waals surface area contributed by atoms with Crippen LogP contribution >= 0.6 is 0 Å². The van der Waals surface area contributed by atoms with Crippen LogP contribution in [0.4, 0.5) is 0 Å².